The van der Waals surface area contributed by atoms with Gasteiger partial charge in [-0.3, -0.25) is 0 Å². The molecule has 0 spiro atoms. The molecule has 1 aliphatic rings. The average molecular weight is 385 g/mol. The van der Waals surface area contributed by atoms with E-state index >= 15 is 0 Å². The van der Waals surface area contributed by atoms with Gasteiger partial charge in [0.05, 0.1) is 16.6 Å². The third-order valence-electron chi connectivity index (χ3n) is 4.48. The fourth-order valence-electron chi connectivity index (χ4n) is 3.10. The van der Waals surface area contributed by atoms with Gasteiger partial charge >= 0.3 is 0 Å². The van der Waals surface area contributed by atoms with Gasteiger partial charge in [-0.05, 0) is 43.4 Å². The van der Waals surface area contributed by atoms with Crippen LogP contribution in [0, 0.1) is 17.5 Å². The van der Waals surface area contributed by atoms with Crippen molar-refractivity contribution in [1.82, 2.24) is 4.72 Å². The molecule has 2 aromatic carbocycles. The van der Waals surface area contributed by atoms with E-state index in [1.165, 1.54) is 24.3 Å². The summed E-state index contributed by atoms with van der Waals surface area (Å²) in [5.74, 6) is -3.14. The molecular weight excluding hydrogens is 367 g/mol. The van der Waals surface area contributed by atoms with E-state index in [4.69, 9.17) is 0 Å². The van der Waals surface area contributed by atoms with E-state index in [1.807, 2.05) is 0 Å². The summed E-state index contributed by atoms with van der Waals surface area (Å²) in [6, 6.07) is 5.94. The molecule has 0 aromatic heterocycles. The summed E-state index contributed by atoms with van der Waals surface area (Å²) in [5.41, 5.74) is -0.302. The Kier molecular flexibility index (Phi) is 5.36. The van der Waals surface area contributed by atoms with Crippen LogP contribution in [0.5, 0.6) is 0 Å². The van der Waals surface area contributed by atoms with Gasteiger partial charge in [-0.15, -0.1) is 0 Å². The number of halogens is 3. The van der Waals surface area contributed by atoms with Gasteiger partial charge in [0, 0.05) is 18.2 Å². The molecule has 0 radical (unpaired) electrons. The van der Waals surface area contributed by atoms with E-state index in [0.717, 1.165) is 0 Å². The Hall–Kier alpha value is -1.90. The predicted molar refractivity (Wildman–Crippen MR) is 90.3 cm³/mol. The Labute approximate surface area is 149 Å². The molecule has 0 aliphatic heterocycles. The highest BCUT2D eigenvalue weighted by Crippen LogP contribution is 2.28. The molecule has 3 rings (SSSR count). The summed E-state index contributed by atoms with van der Waals surface area (Å²) in [6.07, 6.45) is 1.77. The van der Waals surface area contributed by atoms with Crippen molar-refractivity contribution in [3.05, 3.63) is 53.8 Å². The fourth-order valence-corrected chi connectivity index (χ4v) is 4.40. The lowest BCUT2D eigenvalue weighted by molar-refractivity contribution is 0.120. The van der Waals surface area contributed by atoms with Crippen molar-refractivity contribution < 1.29 is 26.7 Å². The molecule has 8 heteroatoms. The minimum atomic E-state index is -3.78. The van der Waals surface area contributed by atoms with Crippen LogP contribution in [0.25, 0.3) is 11.1 Å². The first-order chi connectivity index (χ1) is 12.3. The third-order valence-corrected chi connectivity index (χ3v) is 6.02. The lowest BCUT2D eigenvalue weighted by Gasteiger charge is -2.26. The molecule has 0 saturated heterocycles. The van der Waals surface area contributed by atoms with Crippen LogP contribution in [0.4, 0.5) is 13.2 Å². The third kappa shape index (κ3) is 4.08. The molecule has 26 heavy (non-hydrogen) atoms. The maximum absolute atomic E-state index is 13.8. The number of aliphatic hydroxyl groups excluding tert-OH is 1. The van der Waals surface area contributed by atoms with Gasteiger partial charge in [-0.1, -0.05) is 12.1 Å². The lowest BCUT2D eigenvalue weighted by Crippen LogP contribution is -2.38. The molecule has 0 bridgehead atoms. The molecule has 0 atom stereocenters. The number of benzene rings is 2. The maximum Gasteiger partial charge on any atom is 0.240 e. The van der Waals surface area contributed by atoms with Crippen LogP contribution >= 0.6 is 0 Å². The Balaban J connectivity index is 1.81. The van der Waals surface area contributed by atoms with E-state index < -0.39 is 39.1 Å². The highest BCUT2D eigenvalue weighted by atomic mass is 32.2. The van der Waals surface area contributed by atoms with E-state index in [1.54, 1.807) is 0 Å². The monoisotopic (exact) mass is 385 g/mol. The fraction of sp³-hybridized carbons (Fsp3) is 0.333. The summed E-state index contributed by atoms with van der Waals surface area (Å²) in [5, 5.41) is 9.48. The minimum absolute atomic E-state index is 0.0321. The van der Waals surface area contributed by atoms with Crippen molar-refractivity contribution in [2.45, 2.75) is 42.7 Å². The summed E-state index contributed by atoms with van der Waals surface area (Å²) < 4.78 is 68.1. The van der Waals surface area contributed by atoms with Crippen molar-refractivity contribution >= 4 is 10.0 Å². The summed E-state index contributed by atoms with van der Waals surface area (Å²) in [4.78, 5) is -0.0321. The Bertz CT molecular complexity index is 869. The average Bonchev–Trinajstić information content (AvgIpc) is 2.56. The van der Waals surface area contributed by atoms with Gasteiger partial charge in [0.2, 0.25) is 10.0 Å². The summed E-state index contributed by atoms with van der Waals surface area (Å²) in [7, 11) is -3.78. The minimum Gasteiger partial charge on any atom is -0.393 e. The van der Waals surface area contributed by atoms with Gasteiger partial charge in [0.15, 0.2) is 0 Å². The van der Waals surface area contributed by atoms with Gasteiger partial charge in [0.25, 0.3) is 0 Å². The first kappa shape index (κ1) is 18.9. The van der Waals surface area contributed by atoms with Crippen molar-refractivity contribution in [2.75, 3.05) is 0 Å². The molecule has 1 fully saturated rings. The van der Waals surface area contributed by atoms with Crippen molar-refractivity contribution in [3.8, 4) is 11.1 Å². The van der Waals surface area contributed by atoms with E-state index in [9.17, 15) is 26.7 Å². The topological polar surface area (TPSA) is 66.4 Å². The zero-order valence-corrected chi connectivity index (χ0v) is 14.6. The van der Waals surface area contributed by atoms with Crippen molar-refractivity contribution in [3.63, 3.8) is 0 Å². The normalized spacial score (nSPS) is 20.9. The van der Waals surface area contributed by atoms with Gasteiger partial charge in [0.1, 0.15) is 17.5 Å². The van der Waals surface area contributed by atoms with Crippen LogP contribution in [0.15, 0.2) is 41.3 Å². The summed E-state index contributed by atoms with van der Waals surface area (Å²) >= 11 is 0. The van der Waals surface area contributed by atoms with E-state index in [-0.39, 0.29) is 16.5 Å². The van der Waals surface area contributed by atoms with Crippen LogP contribution in [-0.2, 0) is 10.0 Å². The second-order valence-electron chi connectivity index (χ2n) is 6.40. The largest absolute Gasteiger partial charge is 0.393 e. The number of rotatable bonds is 4. The van der Waals surface area contributed by atoms with Crippen LogP contribution in [0.3, 0.4) is 0 Å². The predicted octanol–water partition coefficient (Wildman–Crippen LogP) is 3.35. The zero-order chi connectivity index (χ0) is 18.9. The van der Waals surface area contributed by atoms with Crippen LogP contribution < -0.4 is 4.72 Å². The van der Waals surface area contributed by atoms with Gasteiger partial charge in [-0.2, -0.15) is 0 Å². The highest BCUT2D eigenvalue weighted by molar-refractivity contribution is 7.89. The van der Waals surface area contributed by atoms with Crippen molar-refractivity contribution in [2.24, 2.45) is 0 Å². The van der Waals surface area contributed by atoms with E-state index in [0.29, 0.717) is 37.8 Å². The molecule has 2 N–H and O–H groups in total. The first-order valence-electron chi connectivity index (χ1n) is 8.21. The quantitative estimate of drug-likeness (QED) is 0.848. The lowest BCUT2D eigenvalue weighted by atomic mass is 9.94. The molecule has 1 aliphatic carbocycles. The molecule has 0 amide bonds. The SMILES string of the molecule is O=S(=O)(NC1CCC(O)CC1)c1ccc(-c2c(F)cc(F)cc2F)cc1. The molecule has 1 saturated carbocycles. The zero-order valence-electron chi connectivity index (χ0n) is 13.8. The van der Waals surface area contributed by atoms with Gasteiger partial charge in [-0.25, -0.2) is 26.3 Å². The highest BCUT2D eigenvalue weighted by Gasteiger charge is 2.25. The number of hydrogen-bond donors (Lipinski definition) is 2. The van der Waals surface area contributed by atoms with Crippen LogP contribution in [0.2, 0.25) is 0 Å². The second kappa shape index (κ2) is 7.38. The van der Waals surface area contributed by atoms with E-state index in [2.05, 4.69) is 4.72 Å². The standard InChI is InChI=1S/C18H18F3NO3S/c19-12-9-16(20)18(17(21)10-12)11-1-7-15(8-2-11)26(24,25)22-13-3-5-14(23)6-4-13/h1-2,7-10,13-14,22-23H,3-6H2. The smallest absolute Gasteiger partial charge is 0.240 e. The van der Waals surface area contributed by atoms with Crippen molar-refractivity contribution in [1.29, 1.82) is 0 Å². The summed E-state index contributed by atoms with van der Waals surface area (Å²) in [6.45, 7) is 0. The molecule has 2 aromatic rings. The first-order valence-corrected chi connectivity index (χ1v) is 9.70. The van der Waals surface area contributed by atoms with Crippen LogP contribution in [0.1, 0.15) is 25.7 Å². The number of hydrogen-bond acceptors (Lipinski definition) is 3. The molecular formula is C18H18F3NO3S. The second-order valence-corrected chi connectivity index (χ2v) is 8.11. The number of sulfonamides is 1. The molecule has 140 valence electrons. The van der Waals surface area contributed by atoms with Gasteiger partial charge < -0.3 is 5.11 Å². The van der Waals surface area contributed by atoms with Crippen LogP contribution in [-0.4, -0.2) is 25.7 Å². The Morgan fingerprint density at radius 2 is 1.46 bits per heavy atom. The number of aliphatic hydroxyl groups is 1. The molecule has 0 unspecified atom stereocenters. The number of nitrogens with one attached hydrogen (secondary N) is 1. The maximum atomic E-state index is 13.8. The Morgan fingerprint density at radius 3 is 2.00 bits per heavy atom. The molecule has 4 nitrogen and oxygen atoms in total. The molecule has 0 heterocycles. The Morgan fingerprint density at radius 1 is 0.923 bits per heavy atom.